The molecule has 2 aromatic rings. The maximum absolute atomic E-state index is 13.4. The first-order valence-corrected chi connectivity index (χ1v) is 14.8. The summed E-state index contributed by atoms with van der Waals surface area (Å²) in [7, 11) is 1.66. The van der Waals surface area contributed by atoms with E-state index < -0.39 is 5.92 Å². The number of piperidine rings is 2. The minimum Gasteiger partial charge on any atom is -0.495 e. The Balaban J connectivity index is 1.18. The van der Waals surface area contributed by atoms with Gasteiger partial charge in [0.1, 0.15) is 11.5 Å². The molecule has 0 saturated carbocycles. The molecule has 1 unspecified atom stereocenters. The lowest BCUT2D eigenvalue weighted by atomic mass is 9.86. The Morgan fingerprint density at radius 1 is 0.974 bits per heavy atom. The summed E-state index contributed by atoms with van der Waals surface area (Å²) in [6.45, 7) is 9.77. The van der Waals surface area contributed by atoms with Gasteiger partial charge in [-0.25, -0.2) is 8.78 Å². The first kappa shape index (κ1) is 28.4. The minimum atomic E-state index is -2.49. The fourth-order valence-electron chi connectivity index (χ4n) is 6.57. The minimum absolute atomic E-state index is 0.0272. The molecule has 0 aromatic heterocycles. The van der Waals surface area contributed by atoms with E-state index >= 15 is 0 Å². The molecule has 0 bridgehead atoms. The van der Waals surface area contributed by atoms with Gasteiger partial charge in [-0.3, -0.25) is 4.90 Å². The molecule has 3 aliphatic rings. The molecular formula is C31H42ClF2N3O2. The Bertz CT molecular complexity index is 1140. The van der Waals surface area contributed by atoms with Gasteiger partial charge >= 0.3 is 0 Å². The van der Waals surface area contributed by atoms with Gasteiger partial charge in [-0.05, 0) is 74.4 Å². The summed E-state index contributed by atoms with van der Waals surface area (Å²) in [5.74, 6) is -0.821. The second-order valence-corrected chi connectivity index (χ2v) is 11.8. The Morgan fingerprint density at radius 3 is 2.54 bits per heavy atom. The number of halogens is 3. The van der Waals surface area contributed by atoms with Crippen LogP contribution >= 0.6 is 11.6 Å². The van der Waals surface area contributed by atoms with Gasteiger partial charge < -0.3 is 19.3 Å². The summed E-state index contributed by atoms with van der Waals surface area (Å²) >= 11 is 6.26. The predicted molar refractivity (Wildman–Crippen MR) is 154 cm³/mol. The Morgan fingerprint density at radius 2 is 1.77 bits per heavy atom. The molecule has 5 rings (SSSR count). The highest BCUT2D eigenvalue weighted by atomic mass is 35.5. The van der Waals surface area contributed by atoms with E-state index in [9.17, 15) is 8.78 Å². The average Bonchev–Trinajstić information content (AvgIpc) is 2.94. The van der Waals surface area contributed by atoms with Crippen molar-refractivity contribution < 1.29 is 18.3 Å². The molecular weight excluding hydrogens is 520 g/mol. The molecule has 3 heterocycles. The van der Waals surface area contributed by atoms with E-state index in [-0.39, 0.29) is 12.8 Å². The van der Waals surface area contributed by atoms with Gasteiger partial charge in [0.2, 0.25) is 0 Å². The molecule has 214 valence electrons. The molecule has 0 radical (unpaired) electrons. The van der Waals surface area contributed by atoms with Crippen LogP contribution in [0, 0.1) is 13.8 Å². The van der Waals surface area contributed by atoms with Crippen molar-refractivity contribution in [1.82, 2.24) is 9.80 Å². The molecule has 5 nitrogen and oxygen atoms in total. The van der Waals surface area contributed by atoms with E-state index in [2.05, 4.69) is 52.8 Å². The third-order valence-corrected chi connectivity index (χ3v) is 9.36. The topological polar surface area (TPSA) is 28.2 Å². The van der Waals surface area contributed by atoms with E-state index in [4.69, 9.17) is 21.1 Å². The van der Waals surface area contributed by atoms with Crippen LogP contribution in [0.1, 0.15) is 61.3 Å². The Labute approximate surface area is 237 Å². The van der Waals surface area contributed by atoms with E-state index in [1.165, 1.54) is 41.6 Å². The maximum Gasteiger partial charge on any atom is 0.250 e. The summed E-state index contributed by atoms with van der Waals surface area (Å²) in [6, 6.07) is 11.4. The molecule has 3 aliphatic heterocycles. The number of nitrogens with zero attached hydrogens (tertiary/aromatic N) is 3. The molecule has 0 N–H and O–H groups in total. The van der Waals surface area contributed by atoms with Crippen molar-refractivity contribution >= 4 is 17.3 Å². The molecule has 0 spiro atoms. The number of alkyl halides is 2. The number of piperazine rings is 1. The smallest absolute Gasteiger partial charge is 0.250 e. The first-order chi connectivity index (χ1) is 18.8. The van der Waals surface area contributed by atoms with Gasteiger partial charge in [0.15, 0.2) is 0 Å². The summed E-state index contributed by atoms with van der Waals surface area (Å²) in [6.07, 6.45) is 4.41. The monoisotopic (exact) mass is 561 g/mol. The Hall–Kier alpha value is -2.09. The van der Waals surface area contributed by atoms with Crippen LogP contribution in [0.15, 0.2) is 30.3 Å². The van der Waals surface area contributed by atoms with Crippen molar-refractivity contribution in [1.29, 1.82) is 0 Å². The zero-order chi connectivity index (χ0) is 27.6. The molecule has 39 heavy (non-hydrogen) atoms. The van der Waals surface area contributed by atoms with Crippen molar-refractivity contribution in [3.8, 4) is 11.5 Å². The van der Waals surface area contributed by atoms with Crippen molar-refractivity contribution in [3.63, 3.8) is 0 Å². The number of anilines is 1. The number of ether oxygens (including phenoxy) is 2. The summed E-state index contributed by atoms with van der Waals surface area (Å²) in [4.78, 5) is 7.31. The standard InChI is InChI=1S/C31H42ClF2N3O2/c1-22-23(2)29(39-19-5-14-35-15-12-31(33,34)13-16-35)11-9-26(22)28-7-4-6-25-21-36(17-18-37(25)28)24-8-10-27(32)30(20-24)38-3/h8-11,20,25,28H,4-7,12-19,21H2,1-3H3/t25?,28-/m1/s1. The largest absolute Gasteiger partial charge is 0.495 e. The highest BCUT2D eigenvalue weighted by molar-refractivity contribution is 6.32. The van der Waals surface area contributed by atoms with Crippen LogP contribution < -0.4 is 14.4 Å². The van der Waals surface area contributed by atoms with Crippen LogP contribution in [0.5, 0.6) is 11.5 Å². The Kier molecular flexibility index (Phi) is 8.89. The van der Waals surface area contributed by atoms with Crippen LogP contribution in [0.4, 0.5) is 14.5 Å². The number of fused-ring (bicyclic) bond motifs is 1. The molecule has 0 aliphatic carbocycles. The lowest BCUT2D eigenvalue weighted by Crippen LogP contribution is -2.56. The van der Waals surface area contributed by atoms with Crippen LogP contribution in [0.3, 0.4) is 0 Å². The summed E-state index contributed by atoms with van der Waals surface area (Å²) < 4.78 is 38.4. The highest BCUT2D eigenvalue weighted by Gasteiger charge is 2.37. The number of benzene rings is 2. The van der Waals surface area contributed by atoms with Crippen LogP contribution in [-0.2, 0) is 0 Å². The maximum atomic E-state index is 13.4. The molecule has 3 fully saturated rings. The number of likely N-dealkylation sites (tertiary alicyclic amines) is 1. The van der Waals surface area contributed by atoms with E-state index in [0.29, 0.717) is 36.8 Å². The second-order valence-electron chi connectivity index (χ2n) is 11.4. The molecule has 0 amide bonds. The van der Waals surface area contributed by atoms with E-state index in [1.54, 1.807) is 7.11 Å². The number of hydrogen-bond donors (Lipinski definition) is 0. The van der Waals surface area contributed by atoms with Gasteiger partial charge in [0.25, 0.3) is 5.92 Å². The fourth-order valence-corrected chi connectivity index (χ4v) is 6.77. The van der Waals surface area contributed by atoms with E-state index in [1.807, 2.05) is 6.07 Å². The van der Waals surface area contributed by atoms with Crippen LogP contribution in [0.2, 0.25) is 5.02 Å². The van der Waals surface area contributed by atoms with Crippen LogP contribution in [-0.4, -0.2) is 74.7 Å². The normalized spacial score (nSPS) is 23.9. The van der Waals surface area contributed by atoms with Gasteiger partial charge in [-0.2, -0.15) is 0 Å². The van der Waals surface area contributed by atoms with E-state index in [0.717, 1.165) is 44.1 Å². The summed E-state index contributed by atoms with van der Waals surface area (Å²) in [5.41, 5.74) is 5.12. The number of methoxy groups -OCH3 is 1. The SMILES string of the molecule is COc1cc(N2CCN3C(CCC[C@@H]3c3ccc(OCCCN4CCC(F)(F)CC4)c(C)c3C)C2)ccc1Cl. The first-order valence-electron chi connectivity index (χ1n) is 14.4. The fraction of sp³-hybridized carbons (Fsp3) is 0.613. The third kappa shape index (κ3) is 6.47. The molecule has 2 atom stereocenters. The molecule has 2 aromatic carbocycles. The van der Waals surface area contributed by atoms with Gasteiger partial charge in [-0.1, -0.05) is 17.7 Å². The van der Waals surface area contributed by atoms with Crippen molar-refractivity contribution in [3.05, 3.63) is 52.0 Å². The van der Waals surface area contributed by atoms with Gasteiger partial charge in [-0.15, -0.1) is 0 Å². The van der Waals surface area contributed by atoms with Gasteiger partial charge in [0.05, 0.1) is 18.7 Å². The molecule has 8 heteroatoms. The third-order valence-electron chi connectivity index (χ3n) is 9.05. The van der Waals surface area contributed by atoms with Crippen molar-refractivity contribution in [2.75, 3.05) is 57.9 Å². The highest BCUT2D eigenvalue weighted by Crippen LogP contribution is 2.40. The summed E-state index contributed by atoms with van der Waals surface area (Å²) in [5, 5.41) is 0.644. The zero-order valence-electron chi connectivity index (χ0n) is 23.5. The lowest BCUT2D eigenvalue weighted by Gasteiger charge is -2.49. The van der Waals surface area contributed by atoms with Crippen molar-refractivity contribution in [2.45, 2.75) is 70.4 Å². The zero-order valence-corrected chi connectivity index (χ0v) is 24.3. The average molecular weight is 562 g/mol. The second kappa shape index (κ2) is 12.2. The quantitative estimate of drug-likeness (QED) is 0.328. The number of hydrogen-bond acceptors (Lipinski definition) is 5. The molecule has 3 saturated heterocycles. The van der Waals surface area contributed by atoms with Gasteiger partial charge in [0, 0.05) is 75.9 Å². The predicted octanol–water partition coefficient (Wildman–Crippen LogP) is 6.88. The van der Waals surface area contributed by atoms with Crippen molar-refractivity contribution in [2.24, 2.45) is 0 Å². The van der Waals surface area contributed by atoms with Crippen LogP contribution in [0.25, 0.3) is 0 Å². The number of rotatable bonds is 8. The lowest BCUT2D eigenvalue weighted by molar-refractivity contribution is -0.0554.